The number of hydrogen-bond donors (Lipinski definition) is 2. The second-order valence-corrected chi connectivity index (χ2v) is 5.47. The van der Waals surface area contributed by atoms with Crippen molar-refractivity contribution < 1.29 is 19.3 Å². The van der Waals surface area contributed by atoms with Gasteiger partial charge in [-0.25, -0.2) is 0 Å². The average Bonchev–Trinajstić information content (AvgIpc) is 1.83. The molecule has 0 atom stereocenters. The molecule has 2 N–H and O–H groups in total. The van der Waals surface area contributed by atoms with Crippen molar-refractivity contribution in [2.45, 2.75) is 13.3 Å². The van der Waals surface area contributed by atoms with Gasteiger partial charge in [-0.3, -0.25) is 4.79 Å². The SMILES string of the molecule is CCOC(=O)CCP(O)(O)=S. The second-order valence-electron chi connectivity index (χ2n) is 1.94. The van der Waals surface area contributed by atoms with Crippen molar-refractivity contribution in [3.8, 4) is 0 Å². The summed E-state index contributed by atoms with van der Waals surface area (Å²) in [6.45, 7) is -1.22. The van der Waals surface area contributed by atoms with Gasteiger partial charge >= 0.3 is 5.97 Å². The van der Waals surface area contributed by atoms with Crippen LogP contribution in [0.4, 0.5) is 0 Å². The normalized spacial score (nSPS) is 11.2. The van der Waals surface area contributed by atoms with Crippen LogP contribution in [0.2, 0.25) is 0 Å². The third kappa shape index (κ3) is 7.94. The summed E-state index contributed by atoms with van der Waals surface area (Å²) in [5.41, 5.74) is 0. The average molecular weight is 198 g/mol. The van der Waals surface area contributed by atoms with Crippen molar-refractivity contribution in [3.63, 3.8) is 0 Å². The van der Waals surface area contributed by atoms with Crippen LogP contribution in [0.25, 0.3) is 0 Å². The molecule has 0 heterocycles. The van der Waals surface area contributed by atoms with E-state index < -0.39 is 12.5 Å². The zero-order chi connectivity index (χ0) is 8.91. The lowest BCUT2D eigenvalue weighted by Gasteiger charge is -2.05. The van der Waals surface area contributed by atoms with Crippen LogP contribution in [0.1, 0.15) is 13.3 Å². The summed E-state index contributed by atoms with van der Waals surface area (Å²) in [6, 6.07) is 0. The summed E-state index contributed by atoms with van der Waals surface area (Å²) in [4.78, 5) is 28.0. The highest BCUT2D eigenvalue weighted by Gasteiger charge is 2.10. The summed E-state index contributed by atoms with van der Waals surface area (Å²) in [6.07, 6.45) is -0.0840. The van der Waals surface area contributed by atoms with Gasteiger partial charge in [0, 0.05) is 6.16 Å². The van der Waals surface area contributed by atoms with Gasteiger partial charge in [-0.15, -0.1) is 0 Å². The third-order valence-electron chi connectivity index (χ3n) is 0.913. The maximum absolute atomic E-state index is 10.6. The molecule has 0 unspecified atom stereocenters. The molecule has 0 radical (unpaired) electrons. The van der Waals surface area contributed by atoms with E-state index in [1.165, 1.54) is 0 Å². The molecule has 0 saturated heterocycles. The molecule has 66 valence electrons. The monoisotopic (exact) mass is 198 g/mol. The molecule has 4 nitrogen and oxygen atoms in total. The van der Waals surface area contributed by atoms with Crippen molar-refractivity contribution in [1.29, 1.82) is 0 Å². The summed E-state index contributed by atoms with van der Waals surface area (Å²) >= 11 is 4.30. The van der Waals surface area contributed by atoms with Gasteiger partial charge in [-0.05, 0) is 18.7 Å². The molecular weight excluding hydrogens is 187 g/mol. The Labute approximate surface area is 70.4 Å². The van der Waals surface area contributed by atoms with Crippen molar-refractivity contribution >= 4 is 24.3 Å². The molecule has 0 amide bonds. The van der Waals surface area contributed by atoms with Gasteiger partial charge in [0.25, 0.3) is 0 Å². The molecular formula is C5H11O4PS. The Morgan fingerprint density at radius 1 is 1.64 bits per heavy atom. The molecule has 0 aliphatic carbocycles. The highest BCUT2D eigenvalue weighted by Crippen LogP contribution is 2.35. The molecule has 0 bridgehead atoms. The van der Waals surface area contributed by atoms with E-state index >= 15 is 0 Å². The van der Waals surface area contributed by atoms with Gasteiger partial charge in [0.2, 0.25) is 0 Å². The minimum Gasteiger partial charge on any atom is -0.466 e. The van der Waals surface area contributed by atoms with Crippen LogP contribution in [-0.4, -0.2) is 28.5 Å². The van der Waals surface area contributed by atoms with E-state index in [-0.39, 0.29) is 12.6 Å². The number of esters is 1. The summed E-state index contributed by atoms with van der Waals surface area (Å²) in [5.74, 6) is -0.440. The quantitative estimate of drug-likeness (QED) is 0.500. The molecule has 0 fully saturated rings. The highest BCUT2D eigenvalue weighted by molar-refractivity contribution is 8.09. The van der Waals surface area contributed by atoms with Gasteiger partial charge in [0.15, 0.2) is 6.49 Å². The first-order valence-electron chi connectivity index (χ1n) is 3.16. The van der Waals surface area contributed by atoms with Gasteiger partial charge in [-0.2, -0.15) is 0 Å². The van der Waals surface area contributed by atoms with Crippen molar-refractivity contribution in [2.24, 2.45) is 0 Å². The van der Waals surface area contributed by atoms with Crippen LogP contribution in [0, 0.1) is 0 Å². The number of ether oxygens (including phenoxy) is 1. The number of hydrogen-bond acceptors (Lipinski definition) is 3. The Morgan fingerprint density at radius 3 is 2.55 bits per heavy atom. The number of carbonyl (C=O) groups excluding carboxylic acids is 1. The number of carbonyl (C=O) groups is 1. The van der Waals surface area contributed by atoms with Gasteiger partial charge in [0.05, 0.1) is 13.0 Å². The molecule has 0 spiro atoms. The van der Waals surface area contributed by atoms with E-state index in [0.717, 1.165) is 0 Å². The Hall–Kier alpha value is 0.0400. The minimum absolute atomic E-state index is 0.0158. The molecule has 0 aromatic heterocycles. The fourth-order valence-electron chi connectivity index (χ4n) is 0.470. The van der Waals surface area contributed by atoms with Gasteiger partial charge in [-0.1, -0.05) is 0 Å². The molecule has 0 aliphatic heterocycles. The van der Waals surface area contributed by atoms with E-state index in [1.807, 2.05) is 0 Å². The maximum atomic E-state index is 10.6. The van der Waals surface area contributed by atoms with Crippen LogP contribution in [0.3, 0.4) is 0 Å². The lowest BCUT2D eigenvalue weighted by Crippen LogP contribution is -2.06. The predicted molar refractivity (Wildman–Crippen MR) is 44.8 cm³/mol. The first kappa shape index (κ1) is 11.0. The summed E-state index contributed by atoms with van der Waals surface area (Å²) in [7, 11) is 0. The van der Waals surface area contributed by atoms with Gasteiger partial charge in [0.1, 0.15) is 0 Å². The first-order chi connectivity index (χ1) is 4.95. The van der Waals surface area contributed by atoms with E-state index in [0.29, 0.717) is 6.61 Å². The second kappa shape index (κ2) is 4.83. The molecule has 0 aromatic rings. The van der Waals surface area contributed by atoms with Crippen molar-refractivity contribution in [1.82, 2.24) is 0 Å². The zero-order valence-corrected chi connectivity index (χ0v) is 7.90. The molecule has 0 aliphatic rings. The van der Waals surface area contributed by atoms with E-state index in [1.54, 1.807) is 6.92 Å². The van der Waals surface area contributed by atoms with Crippen LogP contribution in [0.5, 0.6) is 0 Å². The Bertz CT molecular complexity index is 175. The fraction of sp³-hybridized carbons (Fsp3) is 0.800. The largest absolute Gasteiger partial charge is 0.466 e. The lowest BCUT2D eigenvalue weighted by molar-refractivity contribution is -0.142. The Kier molecular flexibility index (Phi) is 4.84. The maximum Gasteiger partial charge on any atom is 0.306 e. The summed E-state index contributed by atoms with van der Waals surface area (Å²) in [5, 5.41) is 0. The van der Waals surface area contributed by atoms with Crippen LogP contribution >= 0.6 is 6.49 Å². The molecule has 0 rings (SSSR count). The predicted octanol–water partition coefficient (Wildman–Crippen LogP) is 0.234. The third-order valence-corrected chi connectivity index (χ3v) is 2.27. The zero-order valence-electron chi connectivity index (χ0n) is 6.19. The van der Waals surface area contributed by atoms with Crippen molar-refractivity contribution in [2.75, 3.05) is 12.8 Å². The fourth-order valence-corrected chi connectivity index (χ4v) is 1.22. The minimum atomic E-state index is -3.21. The van der Waals surface area contributed by atoms with Crippen molar-refractivity contribution in [3.05, 3.63) is 0 Å². The van der Waals surface area contributed by atoms with Crippen LogP contribution in [-0.2, 0) is 21.3 Å². The molecule has 11 heavy (non-hydrogen) atoms. The number of rotatable bonds is 4. The molecule has 0 aromatic carbocycles. The Balaban J connectivity index is 3.55. The topological polar surface area (TPSA) is 66.8 Å². The van der Waals surface area contributed by atoms with Crippen LogP contribution in [0.15, 0.2) is 0 Å². The Morgan fingerprint density at radius 2 is 2.18 bits per heavy atom. The van der Waals surface area contributed by atoms with E-state index in [2.05, 4.69) is 16.5 Å². The standard InChI is InChI=1S/C5H11O4PS/c1-2-9-5(6)3-4-10(7,8)11/h2-4H2,1H3,(H2,7,8,11). The summed E-state index contributed by atoms with van der Waals surface area (Å²) < 4.78 is 4.55. The smallest absolute Gasteiger partial charge is 0.306 e. The lowest BCUT2D eigenvalue weighted by atomic mass is 10.5. The highest BCUT2D eigenvalue weighted by atomic mass is 32.5. The molecule has 0 saturated carbocycles. The van der Waals surface area contributed by atoms with Crippen LogP contribution < -0.4 is 0 Å². The van der Waals surface area contributed by atoms with E-state index in [4.69, 9.17) is 9.79 Å². The molecule has 6 heteroatoms. The first-order valence-corrected chi connectivity index (χ1v) is 6.05. The van der Waals surface area contributed by atoms with E-state index in [9.17, 15) is 4.79 Å². The van der Waals surface area contributed by atoms with Gasteiger partial charge < -0.3 is 14.5 Å².